The lowest BCUT2D eigenvalue weighted by molar-refractivity contribution is -0.0618. The Labute approximate surface area is 61.5 Å². The number of fused-ring (bicyclic) bond motifs is 1. The van der Waals surface area contributed by atoms with Crippen LogP contribution in [0.4, 0.5) is 13.2 Å². The third-order valence-corrected chi connectivity index (χ3v) is 2.15. The quantitative estimate of drug-likeness (QED) is 0.569. The maximum Gasteiger partial charge on any atom is 0.448 e. The summed E-state index contributed by atoms with van der Waals surface area (Å²) in [6, 6.07) is -0.140. The molecule has 1 saturated carbocycles. The van der Waals surface area contributed by atoms with Gasteiger partial charge in [-0.1, -0.05) is 0 Å². The minimum atomic E-state index is -4.30. The monoisotopic (exact) mass is 164 g/mol. The van der Waals surface area contributed by atoms with Crippen LogP contribution in [0.25, 0.3) is 0 Å². The number of amidine groups is 1. The van der Waals surface area contributed by atoms with E-state index in [4.69, 9.17) is 0 Å². The second-order valence-electron chi connectivity index (χ2n) is 3.24. The zero-order valence-corrected chi connectivity index (χ0v) is 5.87. The number of hydrogen-bond acceptors (Lipinski definition) is 2. The molecule has 0 aromatic rings. The Kier molecular flexibility index (Phi) is 0.971. The van der Waals surface area contributed by atoms with E-state index in [0.717, 1.165) is 6.42 Å². The molecule has 62 valence electrons. The average Bonchev–Trinajstić information content (AvgIpc) is 2.30. The first kappa shape index (κ1) is 6.94. The van der Waals surface area contributed by atoms with Crippen molar-refractivity contribution in [3.8, 4) is 0 Å². The maximum atomic E-state index is 11.9. The lowest BCUT2D eigenvalue weighted by Crippen LogP contribution is -2.40. The first-order valence-corrected chi connectivity index (χ1v) is 3.35. The van der Waals surface area contributed by atoms with Gasteiger partial charge in [0.1, 0.15) is 0 Å². The fraction of sp³-hybridized carbons (Fsp3) is 0.833. The van der Waals surface area contributed by atoms with Gasteiger partial charge in [-0.25, -0.2) is 0 Å². The molecule has 1 fully saturated rings. The van der Waals surface area contributed by atoms with E-state index in [0.29, 0.717) is 0 Å². The topological polar surface area (TPSA) is 24.4 Å². The molecule has 0 saturated heterocycles. The van der Waals surface area contributed by atoms with Crippen molar-refractivity contribution in [1.82, 2.24) is 5.32 Å². The van der Waals surface area contributed by atoms with E-state index in [-0.39, 0.29) is 11.6 Å². The molecule has 1 aliphatic carbocycles. The fourth-order valence-corrected chi connectivity index (χ4v) is 1.27. The van der Waals surface area contributed by atoms with Crippen molar-refractivity contribution in [2.24, 2.45) is 4.99 Å². The summed E-state index contributed by atoms with van der Waals surface area (Å²) in [7, 11) is 0. The van der Waals surface area contributed by atoms with E-state index in [9.17, 15) is 13.2 Å². The molecule has 0 spiro atoms. The van der Waals surface area contributed by atoms with Gasteiger partial charge in [-0.2, -0.15) is 13.2 Å². The minimum absolute atomic E-state index is 0.140. The molecule has 1 heterocycles. The smallest absolute Gasteiger partial charge is 0.359 e. The van der Waals surface area contributed by atoms with Gasteiger partial charge in [-0.15, -0.1) is 0 Å². The summed E-state index contributed by atoms with van der Waals surface area (Å²) >= 11 is 0. The Morgan fingerprint density at radius 1 is 1.64 bits per heavy atom. The van der Waals surface area contributed by atoms with Gasteiger partial charge in [0.25, 0.3) is 0 Å². The molecular weight excluding hydrogens is 157 g/mol. The Balaban J connectivity index is 2.16. The molecule has 2 unspecified atom stereocenters. The summed E-state index contributed by atoms with van der Waals surface area (Å²) in [5.41, 5.74) is -0.384. The molecule has 0 aromatic heterocycles. The van der Waals surface area contributed by atoms with Crippen LogP contribution in [0, 0.1) is 0 Å². The van der Waals surface area contributed by atoms with Crippen molar-refractivity contribution in [2.75, 3.05) is 0 Å². The highest BCUT2D eigenvalue weighted by Crippen LogP contribution is 2.44. The van der Waals surface area contributed by atoms with E-state index in [1.165, 1.54) is 0 Å². The Hall–Kier alpha value is -0.740. The fourth-order valence-electron chi connectivity index (χ4n) is 1.27. The molecule has 0 bridgehead atoms. The Bertz CT molecular complexity index is 232. The highest BCUT2D eigenvalue weighted by molar-refractivity contribution is 5.91. The van der Waals surface area contributed by atoms with Crippen molar-refractivity contribution in [3.63, 3.8) is 0 Å². The highest BCUT2D eigenvalue weighted by Gasteiger charge is 2.59. The molecule has 1 N–H and O–H groups in total. The van der Waals surface area contributed by atoms with Crippen LogP contribution in [0.1, 0.15) is 13.3 Å². The predicted molar refractivity (Wildman–Crippen MR) is 33.4 cm³/mol. The van der Waals surface area contributed by atoms with Crippen LogP contribution >= 0.6 is 0 Å². The first-order valence-electron chi connectivity index (χ1n) is 3.35. The summed E-state index contributed by atoms with van der Waals surface area (Å²) in [6.45, 7) is 1.75. The van der Waals surface area contributed by atoms with Crippen molar-refractivity contribution >= 4 is 5.84 Å². The summed E-state index contributed by atoms with van der Waals surface area (Å²) in [5, 5.41) is 2.37. The molecule has 0 radical (unpaired) electrons. The van der Waals surface area contributed by atoms with E-state index in [1.54, 1.807) is 6.92 Å². The Morgan fingerprint density at radius 3 is 2.55 bits per heavy atom. The third kappa shape index (κ3) is 0.902. The van der Waals surface area contributed by atoms with Gasteiger partial charge in [0.2, 0.25) is 5.84 Å². The van der Waals surface area contributed by atoms with Gasteiger partial charge < -0.3 is 5.32 Å². The van der Waals surface area contributed by atoms with Gasteiger partial charge in [0, 0.05) is 0 Å². The summed E-state index contributed by atoms with van der Waals surface area (Å²) in [4.78, 5) is 3.49. The first-order chi connectivity index (χ1) is 4.92. The number of rotatable bonds is 0. The van der Waals surface area contributed by atoms with E-state index in [1.807, 2.05) is 0 Å². The largest absolute Gasteiger partial charge is 0.448 e. The van der Waals surface area contributed by atoms with Crippen LogP contribution in [0.3, 0.4) is 0 Å². The lowest BCUT2D eigenvalue weighted by atomic mass is 10.3. The molecule has 2 nitrogen and oxygen atoms in total. The summed E-state index contributed by atoms with van der Waals surface area (Å²) < 4.78 is 35.8. The SMILES string of the molecule is CC12CC1N=C(C(F)(F)F)N2. The van der Waals surface area contributed by atoms with Gasteiger partial charge in [0.15, 0.2) is 0 Å². The molecule has 0 amide bonds. The zero-order chi connectivity index (χ0) is 8.28. The highest BCUT2D eigenvalue weighted by atomic mass is 19.4. The van der Waals surface area contributed by atoms with Crippen LogP contribution in [0.2, 0.25) is 0 Å². The van der Waals surface area contributed by atoms with E-state index >= 15 is 0 Å². The number of alkyl halides is 3. The number of aliphatic imine (C=N–C) groups is 1. The standard InChI is InChI=1S/C6H7F3N2/c1-5-2-3(5)10-4(11-5)6(7,8)9/h3H,2H2,1H3,(H,10,11). The second kappa shape index (κ2) is 1.54. The number of nitrogens with zero attached hydrogens (tertiary/aromatic N) is 1. The average molecular weight is 164 g/mol. The molecule has 2 rings (SSSR count). The van der Waals surface area contributed by atoms with Crippen LogP contribution < -0.4 is 5.32 Å². The third-order valence-electron chi connectivity index (χ3n) is 2.15. The van der Waals surface area contributed by atoms with Crippen LogP contribution in [0.15, 0.2) is 4.99 Å². The van der Waals surface area contributed by atoms with Gasteiger partial charge in [-0.3, -0.25) is 4.99 Å². The van der Waals surface area contributed by atoms with E-state index < -0.39 is 12.0 Å². The molecule has 2 aliphatic rings. The molecule has 11 heavy (non-hydrogen) atoms. The molecule has 2 atom stereocenters. The summed E-state index contributed by atoms with van der Waals surface area (Å²) in [6.07, 6.45) is -3.57. The van der Waals surface area contributed by atoms with Gasteiger partial charge in [-0.05, 0) is 13.3 Å². The molecule has 0 aromatic carbocycles. The second-order valence-corrected chi connectivity index (χ2v) is 3.24. The number of halogens is 3. The van der Waals surface area contributed by atoms with Crippen molar-refractivity contribution in [3.05, 3.63) is 0 Å². The molecular formula is C6H7F3N2. The maximum absolute atomic E-state index is 11.9. The van der Waals surface area contributed by atoms with Crippen LogP contribution in [0.5, 0.6) is 0 Å². The van der Waals surface area contributed by atoms with Crippen LogP contribution in [-0.4, -0.2) is 23.6 Å². The van der Waals surface area contributed by atoms with Crippen molar-refractivity contribution in [1.29, 1.82) is 0 Å². The number of hydrogen-bond donors (Lipinski definition) is 1. The molecule has 1 aliphatic heterocycles. The summed E-state index contributed by atoms with van der Waals surface area (Å²) in [5.74, 6) is -0.809. The van der Waals surface area contributed by atoms with Crippen molar-refractivity contribution < 1.29 is 13.2 Å². The van der Waals surface area contributed by atoms with Gasteiger partial charge in [0.05, 0.1) is 11.6 Å². The van der Waals surface area contributed by atoms with Crippen LogP contribution in [-0.2, 0) is 0 Å². The zero-order valence-electron chi connectivity index (χ0n) is 5.87. The van der Waals surface area contributed by atoms with E-state index in [2.05, 4.69) is 10.3 Å². The van der Waals surface area contributed by atoms with Crippen molar-refractivity contribution in [2.45, 2.75) is 31.1 Å². The van der Waals surface area contributed by atoms with Gasteiger partial charge >= 0.3 is 6.18 Å². The lowest BCUT2D eigenvalue weighted by Gasteiger charge is -2.11. The molecule has 5 heteroatoms. The number of nitrogens with one attached hydrogen (secondary N) is 1. The minimum Gasteiger partial charge on any atom is -0.359 e. The Morgan fingerprint density at radius 2 is 2.27 bits per heavy atom. The predicted octanol–water partition coefficient (Wildman–Crippen LogP) is 1.08. The normalized spacial score (nSPS) is 41.1.